The average molecular weight is 499 g/mol. The number of aliphatic imine (C=N–C) groups is 1. The van der Waals surface area contributed by atoms with Gasteiger partial charge in [-0.05, 0) is 61.5 Å². The molecule has 176 valence electrons. The van der Waals surface area contributed by atoms with Gasteiger partial charge in [0.15, 0.2) is 11.0 Å². The van der Waals surface area contributed by atoms with Gasteiger partial charge in [0, 0.05) is 29.5 Å². The second-order valence-corrected chi connectivity index (χ2v) is 9.35. The molecule has 0 aliphatic carbocycles. The summed E-state index contributed by atoms with van der Waals surface area (Å²) < 4.78 is 12.9. The van der Waals surface area contributed by atoms with Crippen LogP contribution in [-0.4, -0.2) is 70.0 Å². The number of hydrogen-bond donors (Lipinski definition) is 1. The number of thioether (sulfide) groups is 1. The van der Waals surface area contributed by atoms with E-state index in [1.165, 1.54) is 16.8 Å². The maximum Gasteiger partial charge on any atom is 0.283 e. The fraction of sp³-hybridized carbons (Fsp3) is 0.304. The van der Waals surface area contributed by atoms with Crippen molar-refractivity contribution in [2.24, 2.45) is 10.1 Å². The summed E-state index contributed by atoms with van der Waals surface area (Å²) >= 11 is 7.56. The van der Waals surface area contributed by atoms with Crippen molar-refractivity contribution in [1.29, 1.82) is 5.41 Å². The van der Waals surface area contributed by atoms with Crippen LogP contribution in [0.3, 0.4) is 0 Å². The number of amides is 1. The summed E-state index contributed by atoms with van der Waals surface area (Å²) in [5.74, 6) is 0.239. The fourth-order valence-corrected chi connectivity index (χ4v) is 5.27. The van der Waals surface area contributed by atoms with E-state index < -0.39 is 5.91 Å². The number of hydrazone groups is 1. The summed E-state index contributed by atoms with van der Waals surface area (Å²) in [5.41, 5.74) is 3.61. The number of aromatic nitrogens is 1. The third kappa shape index (κ3) is 3.91. The quantitative estimate of drug-likeness (QED) is 0.649. The van der Waals surface area contributed by atoms with Crippen molar-refractivity contribution in [1.82, 2.24) is 14.5 Å². The molecule has 0 unspecified atom stereocenters. The lowest BCUT2D eigenvalue weighted by atomic mass is 10.1. The predicted octanol–water partition coefficient (Wildman–Crippen LogP) is 3.67. The number of benzene rings is 1. The molecule has 1 saturated heterocycles. The maximum atomic E-state index is 12.9. The molecule has 0 bridgehead atoms. The molecule has 0 spiro atoms. The minimum Gasteiger partial charge on any atom is -0.495 e. The van der Waals surface area contributed by atoms with Crippen LogP contribution in [0, 0.1) is 19.3 Å². The van der Waals surface area contributed by atoms with Crippen molar-refractivity contribution in [2.75, 3.05) is 33.4 Å². The Morgan fingerprint density at radius 3 is 2.71 bits per heavy atom. The number of nitrogens with one attached hydrogen (secondary N) is 1. The highest BCUT2D eigenvalue weighted by Gasteiger charge is 2.37. The SMILES string of the molecule is COc1ccc(Cl)cc1-n1c(C)cc(/C=C2/C(=N)N3N=C(N4CCOCC4)SC3=NC2=O)c1C. The van der Waals surface area contributed by atoms with Gasteiger partial charge in [0.1, 0.15) is 5.75 Å². The van der Waals surface area contributed by atoms with Gasteiger partial charge in [-0.1, -0.05) is 11.6 Å². The Balaban J connectivity index is 1.50. The second-order valence-electron chi connectivity index (χ2n) is 7.98. The molecule has 2 aromatic rings. The van der Waals surface area contributed by atoms with Gasteiger partial charge in [0.05, 0.1) is 31.6 Å². The molecule has 1 aromatic carbocycles. The molecule has 1 fully saturated rings. The van der Waals surface area contributed by atoms with Crippen LogP contribution in [0.2, 0.25) is 5.02 Å². The molecule has 3 aliphatic rings. The van der Waals surface area contributed by atoms with Crippen LogP contribution in [0.5, 0.6) is 5.75 Å². The highest BCUT2D eigenvalue weighted by Crippen LogP contribution is 2.33. The van der Waals surface area contributed by atoms with Crippen LogP contribution in [-0.2, 0) is 9.53 Å². The first-order valence-corrected chi connectivity index (χ1v) is 11.9. The van der Waals surface area contributed by atoms with E-state index in [9.17, 15) is 4.79 Å². The second kappa shape index (κ2) is 8.94. The van der Waals surface area contributed by atoms with Gasteiger partial charge in [-0.25, -0.2) is 0 Å². The van der Waals surface area contributed by atoms with E-state index in [-0.39, 0.29) is 11.4 Å². The van der Waals surface area contributed by atoms with Crippen molar-refractivity contribution in [2.45, 2.75) is 13.8 Å². The van der Waals surface area contributed by atoms with Gasteiger partial charge >= 0.3 is 0 Å². The van der Waals surface area contributed by atoms with Gasteiger partial charge in [0.2, 0.25) is 5.17 Å². The van der Waals surface area contributed by atoms with Crippen LogP contribution in [0.1, 0.15) is 17.0 Å². The van der Waals surface area contributed by atoms with Gasteiger partial charge < -0.3 is 18.9 Å². The summed E-state index contributed by atoms with van der Waals surface area (Å²) in [4.78, 5) is 19.2. The first kappa shape index (κ1) is 22.7. The van der Waals surface area contributed by atoms with Crippen LogP contribution < -0.4 is 4.74 Å². The molecular formula is C23H23ClN6O3S. The molecule has 0 saturated carbocycles. The molecule has 4 heterocycles. The van der Waals surface area contributed by atoms with E-state index in [4.69, 9.17) is 26.5 Å². The number of aryl methyl sites for hydroxylation is 1. The molecule has 5 rings (SSSR count). The topological polar surface area (TPSA) is 95.5 Å². The summed E-state index contributed by atoms with van der Waals surface area (Å²) in [6, 6.07) is 7.40. The van der Waals surface area contributed by atoms with E-state index >= 15 is 0 Å². The van der Waals surface area contributed by atoms with Crippen LogP contribution in [0.15, 0.2) is 39.9 Å². The molecule has 9 nitrogen and oxygen atoms in total. The minimum atomic E-state index is -0.452. The first-order chi connectivity index (χ1) is 16.4. The Labute approximate surface area is 206 Å². The maximum absolute atomic E-state index is 12.9. The summed E-state index contributed by atoms with van der Waals surface area (Å²) in [6.07, 6.45) is 1.70. The monoisotopic (exact) mass is 498 g/mol. The molecule has 3 aliphatic heterocycles. The first-order valence-electron chi connectivity index (χ1n) is 10.7. The zero-order valence-corrected chi connectivity index (χ0v) is 20.5. The average Bonchev–Trinajstić information content (AvgIpc) is 3.37. The van der Waals surface area contributed by atoms with E-state index in [1.54, 1.807) is 19.3 Å². The smallest absolute Gasteiger partial charge is 0.283 e. The Morgan fingerprint density at radius 2 is 1.97 bits per heavy atom. The van der Waals surface area contributed by atoms with E-state index in [2.05, 4.69) is 15.0 Å². The van der Waals surface area contributed by atoms with Gasteiger partial charge in [0.25, 0.3) is 5.91 Å². The third-order valence-corrected chi connectivity index (χ3v) is 7.08. The lowest BCUT2D eigenvalue weighted by Gasteiger charge is -2.26. The standard InChI is InChI=1S/C23H23ClN6O3S/c1-13-10-15(14(2)29(13)18-12-16(24)4-5-19(18)32-3)11-17-20(25)30-22(26-21(17)31)34-23(27-30)28-6-8-33-9-7-28/h4-5,10-12,25H,6-9H2,1-3H3/b17-11-,25-20?. The minimum absolute atomic E-state index is 0.0101. The number of morpholine rings is 1. The number of hydrogen-bond acceptors (Lipinski definition) is 7. The number of fused-ring (bicyclic) bond motifs is 1. The van der Waals surface area contributed by atoms with Gasteiger partial charge in [-0.15, -0.1) is 5.10 Å². The number of carbonyl (C=O) groups is 1. The number of carbonyl (C=O) groups excluding carboxylic acids is 1. The molecule has 1 amide bonds. The highest BCUT2D eigenvalue weighted by molar-refractivity contribution is 8.26. The van der Waals surface area contributed by atoms with Crippen molar-refractivity contribution in [3.63, 3.8) is 0 Å². The molecular weight excluding hydrogens is 476 g/mol. The Kier molecular flexibility index (Phi) is 5.97. The van der Waals surface area contributed by atoms with Crippen molar-refractivity contribution in [3.8, 4) is 11.4 Å². The molecule has 11 heteroatoms. The summed E-state index contributed by atoms with van der Waals surface area (Å²) in [5, 5.41) is 16.4. The van der Waals surface area contributed by atoms with Crippen LogP contribution in [0.4, 0.5) is 0 Å². The Hall–Kier alpha value is -3.08. The van der Waals surface area contributed by atoms with E-state index in [0.717, 1.165) is 40.9 Å². The lowest BCUT2D eigenvalue weighted by molar-refractivity contribution is -0.114. The van der Waals surface area contributed by atoms with E-state index in [0.29, 0.717) is 29.2 Å². The lowest BCUT2D eigenvalue weighted by Crippen LogP contribution is -2.39. The van der Waals surface area contributed by atoms with Crippen LogP contribution >= 0.6 is 23.4 Å². The number of ether oxygens (including phenoxy) is 2. The third-order valence-electron chi connectivity index (χ3n) is 5.88. The van der Waals surface area contributed by atoms with Gasteiger partial charge in [-0.3, -0.25) is 10.2 Å². The largest absolute Gasteiger partial charge is 0.495 e. The fourth-order valence-electron chi connectivity index (χ4n) is 4.16. The van der Waals surface area contributed by atoms with Crippen molar-refractivity contribution in [3.05, 3.63) is 51.8 Å². The van der Waals surface area contributed by atoms with E-state index in [1.807, 2.05) is 36.6 Å². The normalized spacial score (nSPS) is 19.5. The van der Waals surface area contributed by atoms with Crippen molar-refractivity contribution < 1.29 is 14.3 Å². The number of rotatable bonds is 3. The zero-order valence-electron chi connectivity index (χ0n) is 19.0. The number of amidine groups is 3. The molecule has 34 heavy (non-hydrogen) atoms. The summed E-state index contributed by atoms with van der Waals surface area (Å²) in [7, 11) is 1.61. The summed E-state index contributed by atoms with van der Waals surface area (Å²) in [6.45, 7) is 6.61. The number of methoxy groups -OCH3 is 1. The molecule has 1 N–H and O–H groups in total. The van der Waals surface area contributed by atoms with Crippen LogP contribution in [0.25, 0.3) is 11.8 Å². The molecule has 0 atom stereocenters. The molecule has 0 radical (unpaired) electrons. The Bertz CT molecular complexity index is 1290. The number of halogens is 1. The predicted molar refractivity (Wildman–Crippen MR) is 134 cm³/mol. The Morgan fingerprint density at radius 1 is 1.21 bits per heavy atom. The van der Waals surface area contributed by atoms with Gasteiger partial charge in [-0.2, -0.15) is 10.0 Å². The highest BCUT2D eigenvalue weighted by atomic mass is 35.5. The van der Waals surface area contributed by atoms with Crippen molar-refractivity contribution >= 4 is 51.5 Å². The number of nitrogens with zero attached hydrogens (tertiary/aromatic N) is 5. The molecule has 1 aromatic heterocycles. The zero-order chi connectivity index (χ0) is 24.0.